The molecule has 1 fully saturated rings. The van der Waals surface area contributed by atoms with Gasteiger partial charge in [-0.15, -0.1) is 0 Å². The zero-order valence-electron chi connectivity index (χ0n) is 15.1. The fourth-order valence-electron chi connectivity index (χ4n) is 3.88. The largest absolute Gasteiger partial charge is 0.419 e. The molecule has 2 aromatic rings. The van der Waals surface area contributed by atoms with Crippen molar-refractivity contribution in [2.24, 2.45) is 0 Å². The van der Waals surface area contributed by atoms with E-state index in [2.05, 4.69) is 21.4 Å². The fraction of sp³-hybridized carbons (Fsp3) is 0.421. The molecule has 1 aromatic heterocycles. The lowest BCUT2D eigenvalue weighted by Crippen LogP contribution is -2.59. The van der Waals surface area contributed by atoms with E-state index in [1.54, 1.807) is 4.90 Å². The first-order chi connectivity index (χ1) is 13.5. The maximum absolute atomic E-state index is 12.7. The van der Waals surface area contributed by atoms with Crippen molar-refractivity contribution in [2.75, 3.05) is 29.9 Å². The zero-order valence-corrected chi connectivity index (χ0v) is 15.1. The maximum Gasteiger partial charge on any atom is 0.419 e. The second-order valence-electron chi connectivity index (χ2n) is 7.07. The van der Waals surface area contributed by atoms with Crippen LogP contribution in [-0.4, -0.2) is 53.0 Å². The van der Waals surface area contributed by atoms with E-state index in [9.17, 15) is 18.0 Å². The number of para-hydroxylation sites is 1. The number of fused-ring (bicyclic) bond motifs is 1. The third-order valence-corrected chi connectivity index (χ3v) is 5.39. The van der Waals surface area contributed by atoms with Crippen LogP contribution in [0.25, 0.3) is 0 Å². The number of hydrogen-bond donors (Lipinski definition) is 1. The summed E-state index contributed by atoms with van der Waals surface area (Å²) in [6.45, 7) is 1.41. The lowest BCUT2D eigenvalue weighted by atomic mass is 9.92. The van der Waals surface area contributed by atoms with Gasteiger partial charge in [-0.3, -0.25) is 4.79 Å². The van der Waals surface area contributed by atoms with E-state index in [-0.39, 0.29) is 18.0 Å². The Labute approximate surface area is 160 Å². The molecule has 2 aliphatic rings. The number of anilines is 2. The van der Waals surface area contributed by atoms with E-state index < -0.39 is 11.7 Å². The highest BCUT2D eigenvalue weighted by atomic mass is 19.4. The smallest absolute Gasteiger partial charge is 0.380 e. The molecule has 4 rings (SSSR count). The quantitative estimate of drug-likeness (QED) is 0.815. The SMILES string of the molecule is O=CN1CCN(c2ncc(C(F)(F)F)cn2)CC1[C@@H]1CCc2ccccc2N1. The van der Waals surface area contributed by atoms with Gasteiger partial charge in [0.2, 0.25) is 12.4 Å². The van der Waals surface area contributed by atoms with Crippen molar-refractivity contribution in [2.45, 2.75) is 31.1 Å². The molecule has 1 saturated heterocycles. The lowest BCUT2D eigenvalue weighted by molar-refractivity contribution is -0.138. The molecule has 0 spiro atoms. The summed E-state index contributed by atoms with van der Waals surface area (Å²) in [5.74, 6) is 0.250. The number of benzene rings is 1. The number of halogens is 3. The summed E-state index contributed by atoms with van der Waals surface area (Å²) in [6.07, 6.45) is -0.229. The van der Waals surface area contributed by atoms with Gasteiger partial charge in [0.25, 0.3) is 0 Å². The minimum atomic E-state index is -4.46. The van der Waals surface area contributed by atoms with Crippen molar-refractivity contribution in [3.63, 3.8) is 0 Å². The van der Waals surface area contributed by atoms with Gasteiger partial charge in [-0.25, -0.2) is 9.97 Å². The highest BCUT2D eigenvalue weighted by Gasteiger charge is 2.36. The topological polar surface area (TPSA) is 61.4 Å². The maximum atomic E-state index is 12.7. The van der Waals surface area contributed by atoms with Crippen molar-refractivity contribution in [3.05, 3.63) is 47.8 Å². The molecule has 2 aliphatic heterocycles. The molecular weight excluding hydrogens is 371 g/mol. The highest BCUT2D eigenvalue weighted by Crippen LogP contribution is 2.30. The third-order valence-electron chi connectivity index (χ3n) is 5.39. The Balaban J connectivity index is 1.52. The molecule has 0 aliphatic carbocycles. The number of aryl methyl sites for hydroxylation is 1. The third kappa shape index (κ3) is 3.61. The predicted molar refractivity (Wildman–Crippen MR) is 98.0 cm³/mol. The van der Waals surface area contributed by atoms with E-state index in [0.29, 0.717) is 19.6 Å². The second-order valence-corrected chi connectivity index (χ2v) is 7.07. The fourth-order valence-corrected chi connectivity index (χ4v) is 3.88. The average Bonchev–Trinajstić information content (AvgIpc) is 2.72. The number of piperazine rings is 1. The van der Waals surface area contributed by atoms with Crippen LogP contribution in [0.3, 0.4) is 0 Å². The molecule has 0 bridgehead atoms. The van der Waals surface area contributed by atoms with Crippen molar-refractivity contribution < 1.29 is 18.0 Å². The van der Waals surface area contributed by atoms with Crippen LogP contribution in [0.5, 0.6) is 0 Å². The Kier molecular flexibility index (Phi) is 4.82. The summed E-state index contributed by atoms with van der Waals surface area (Å²) in [6, 6.07) is 8.01. The van der Waals surface area contributed by atoms with Gasteiger partial charge >= 0.3 is 6.18 Å². The normalized spacial score (nSPS) is 22.4. The molecule has 1 N–H and O–H groups in total. The van der Waals surface area contributed by atoms with E-state index in [4.69, 9.17) is 0 Å². The molecule has 28 heavy (non-hydrogen) atoms. The standard InChI is InChI=1S/C19H20F3N5O/c20-19(21,22)14-9-23-18(24-10-14)26-7-8-27(12-28)17(11-26)16-6-5-13-3-1-2-4-15(13)25-16/h1-4,9-10,12,16-17,25H,5-8,11H2/t16-,17?/m0/s1. The minimum Gasteiger partial charge on any atom is -0.380 e. The van der Waals surface area contributed by atoms with Gasteiger partial charge in [0.15, 0.2) is 0 Å². The van der Waals surface area contributed by atoms with Crippen molar-refractivity contribution in [3.8, 4) is 0 Å². The summed E-state index contributed by atoms with van der Waals surface area (Å²) < 4.78 is 38.2. The molecule has 148 valence electrons. The van der Waals surface area contributed by atoms with Crippen LogP contribution in [0.1, 0.15) is 17.5 Å². The Bertz CT molecular complexity index is 842. The van der Waals surface area contributed by atoms with E-state index >= 15 is 0 Å². The molecule has 3 heterocycles. The zero-order chi connectivity index (χ0) is 19.7. The number of rotatable bonds is 3. The highest BCUT2D eigenvalue weighted by molar-refractivity contribution is 5.56. The first-order valence-electron chi connectivity index (χ1n) is 9.15. The van der Waals surface area contributed by atoms with Gasteiger partial charge in [0.05, 0.1) is 11.6 Å². The van der Waals surface area contributed by atoms with Crippen molar-refractivity contribution in [1.29, 1.82) is 0 Å². The number of hydrogen-bond acceptors (Lipinski definition) is 5. The molecule has 6 nitrogen and oxygen atoms in total. The number of nitrogens with one attached hydrogen (secondary N) is 1. The Morgan fingerprint density at radius 2 is 1.89 bits per heavy atom. The van der Waals surface area contributed by atoms with Crippen LogP contribution in [0.2, 0.25) is 0 Å². The first-order valence-corrected chi connectivity index (χ1v) is 9.15. The number of carbonyl (C=O) groups is 1. The summed E-state index contributed by atoms with van der Waals surface area (Å²) in [5.41, 5.74) is 1.44. The summed E-state index contributed by atoms with van der Waals surface area (Å²) >= 11 is 0. The summed E-state index contributed by atoms with van der Waals surface area (Å²) in [7, 11) is 0. The monoisotopic (exact) mass is 391 g/mol. The van der Waals surface area contributed by atoms with Gasteiger partial charge < -0.3 is 15.1 Å². The minimum absolute atomic E-state index is 0.0531. The van der Waals surface area contributed by atoms with Crippen LogP contribution in [0.15, 0.2) is 36.7 Å². The van der Waals surface area contributed by atoms with Gasteiger partial charge in [-0.1, -0.05) is 18.2 Å². The number of carbonyl (C=O) groups excluding carboxylic acids is 1. The molecule has 2 atom stereocenters. The van der Waals surface area contributed by atoms with Gasteiger partial charge in [-0.2, -0.15) is 13.2 Å². The first kappa shape index (κ1) is 18.5. The Hall–Kier alpha value is -2.84. The molecule has 1 amide bonds. The molecule has 0 radical (unpaired) electrons. The number of alkyl halides is 3. The molecule has 9 heteroatoms. The lowest BCUT2D eigenvalue weighted by Gasteiger charge is -2.44. The van der Waals surface area contributed by atoms with Gasteiger partial charge in [0.1, 0.15) is 0 Å². The van der Waals surface area contributed by atoms with Crippen molar-refractivity contribution in [1.82, 2.24) is 14.9 Å². The summed E-state index contributed by atoms with van der Waals surface area (Å²) in [4.78, 5) is 23.0. The summed E-state index contributed by atoms with van der Waals surface area (Å²) in [5, 5.41) is 3.52. The average molecular weight is 391 g/mol. The number of aromatic nitrogens is 2. The van der Waals surface area contributed by atoms with Crippen molar-refractivity contribution >= 4 is 18.0 Å². The van der Waals surface area contributed by atoms with E-state index in [0.717, 1.165) is 37.3 Å². The number of amides is 1. The van der Waals surface area contributed by atoms with Gasteiger partial charge in [0, 0.05) is 43.8 Å². The van der Waals surface area contributed by atoms with E-state index in [1.165, 1.54) is 5.56 Å². The van der Waals surface area contributed by atoms with Crippen LogP contribution < -0.4 is 10.2 Å². The molecular formula is C19H20F3N5O. The van der Waals surface area contributed by atoms with Crippen LogP contribution in [-0.2, 0) is 17.4 Å². The predicted octanol–water partition coefficient (Wildman–Crippen LogP) is 2.57. The molecule has 1 unspecified atom stereocenters. The van der Waals surface area contributed by atoms with Crippen LogP contribution in [0, 0.1) is 0 Å². The second kappa shape index (κ2) is 7.29. The van der Waals surface area contributed by atoms with Crippen LogP contribution >= 0.6 is 0 Å². The molecule has 0 saturated carbocycles. The number of nitrogens with zero attached hydrogens (tertiary/aromatic N) is 4. The van der Waals surface area contributed by atoms with Gasteiger partial charge in [-0.05, 0) is 24.5 Å². The Morgan fingerprint density at radius 3 is 2.61 bits per heavy atom. The van der Waals surface area contributed by atoms with Crippen LogP contribution in [0.4, 0.5) is 24.8 Å². The molecule has 1 aromatic carbocycles. The Morgan fingerprint density at radius 1 is 1.14 bits per heavy atom. The van der Waals surface area contributed by atoms with E-state index in [1.807, 2.05) is 23.1 Å².